The van der Waals surface area contributed by atoms with E-state index in [1.54, 1.807) is 31.2 Å². The van der Waals surface area contributed by atoms with Crippen LogP contribution in [0.2, 0.25) is 0 Å². The van der Waals surface area contributed by atoms with Crippen LogP contribution in [0.15, 0.2) is 94.0 Å². The highest BCUT2D eigenvalue weighted by Gasteiger charge is 2.45. The minimum atomic E-state index is -1.07. The number of aromatic carboxylic acids is 1. The summed E-state index contributed by atoms with van der Waals surface area (Å²) in [6, 6.07) is 20.8. The second-order valence-electron chi connectivity index (χ2n) is 9.47. The fourth-order valence-electron chi connectivity index (χ4n) is 4.90. The maximum absolute atomic E-state index is 14.0. The number of hydrogen-bond donors (Lipinski definition) is 1. The van der Waals surface area contributed by atoms with Crippen LogP contribution < -0.4 is 14.8 Å². The summed E-state index contributed by atoms with van der Waals surface area (Å²) in [7, 11) is 0. The third kappa shape index (κ3) is 4.55. The molecule has 2 heterocycles. The van der Waals surface area contributed by atoms with Crippen LogP contribution in [0, 0.1) is 6.92 Å². The molecule has 0 spiro atoms. The number of hydrogen-bond acceptors (Lipinski definition) is 6. The van der Waals surface area contributed by atoms with Gasteiger partial charge >= 0.3 is 5.97 Å². The number of amides is 2. The van der Waals surface area contributed by atoms with E-state index in [9.17, 15) is 19.5 Å². The number of carbonyl (C=O) groups is 3. The summed E-state index contributed by atoms with van der Waals surface area (Å²) in [5.74, 6) is -1.69. The number of aryl methyl sites for hydroxylation is 1. The SMILES string of the molecule is CCN(CC)c1ccc(N=C2C(=O)N(c3ccccc3)C3=NN(c4ccc(C(=O)O)cc4)C(=O)C3=C2C)c(C)c1. The number of carbonyl (C=O) groups excluding carboxylic acids is 2. The van der Waals surface area contributed by atoms with E-state index in [2.05, 4.69) is 23.8 Å². The Morgan fingerprint density at radius 1 is 0.900 bits per heavy atom. The van der Waals surface area contributed by atoms with E-state index < -0.39 is 17.8 Å². The number of para-hydroxylation sites is 1. The van der Waals surface area contributed by atoms with Crippen LogP contribution in [0.3, 0.4) is 0 Å². The van der Waals surface area contributed by atoms with Gasteiger partial charge in [0.2, 0.25) is 0 Å². The number of nitrogens with zero attached hydrogens (tertiary/aromatic N) is 5. The van der Waals surface area contributed by atoms with Crippen molar-refractivity contribution in [1.82, 2.24) is 0 Å². The summed E-state index contributed by atoms with van der Waals surface area (Å²) >= 11 is 0. The first kappa shape index (κ1) is 26.6. The van der Waals surface area contributed by atoms with Gasteiger partial charge in [0.1, 0.15) is 5.71 Å². The molecule has 0 fully saturated rings. The van der Waals surface area contributed by atoms with Crippen LogP contribution in [0.5, 0.6) is 0 Å². The van der Waals surface area contributed by atoms with Gasteiger partial charge in [-0.05, 0) is 93.4 Å². The molecule has 202 valence electrons. The number of amidine groups is 1. The Balaban J connectivity index is 1.64. The monoisotopic (exact) mass is 535 g/mol. The lowest BCUT2D eigenvalue weighted by Crippen LogP contribution is -2.47. The molecule has 9 nitrogen and oxygen atoms in total. The number of rotatable bonds is 7. The average Bonchev–Trinajstić information content (AvgIpc) is 3.30. The Morgan fingerprint density at radius 3 is 2.17 bits per heavy atom. The average molecular weight is 536 g/mol. The molecule has 0 saturated carbocycles. The molecule has 0 radical (unpaired) electrons. The summed E-state index contributed by atoms with van der Waals surface area (Å²) < 4.78 is 0. The quantitative estimate of drug-likeness (QED) is 0.440. The summed E-state index contributed by atoms with van der Waals surface area (Å²) in [6.45, 7) is 9.61. The highest BCUT2D eigenvalue weighted by Crippen LogP contribution is 2.35. The largest absolute Gasteiger partial charge is 0.478 e. The van der Waals surface area contributed by atoms with E-state index in [4.69, 9.17) is 4.99 Å². The highest BCUT2D eigenvalue weighted by molar-refractivity contribution is 6.61. The Labute approximate surface area is 232 Å². The Hall–Kier alpha value is -5.05. The van der Waals surface area contributed by atoms with E-state index in [0.29, 0.717) is 22.6 Å². The second kappa shape index (κ2) is 10.6. The molecule has 0 unspecified atom stereocenters. The molecule has 3 aromatic carbocycles. The normalized spacial score (nSPS) is 16.0. The van der Waals surface area contributed by atoms with E-state index in [1.807, 2.05) is 31.2 Å². The number of carboxylic acids is 1. The van der Waals surface area contributed by atoms with E-state index >= 15 is 0 Å². The molecule has 1 N–H and O–H groups in total. The molecule has 0 aliphatic carbocycles. The first-order valence-electron chi connectivity index (χ1n) is 13.1. The first-order valence-corrected chi connectivity index (χ1v) is 13.1. The fourth-order valence-corrected chi connectivity index (χ4v) is 4.90. The van der Waals surface area contributed by atoms with Gasteiger partial charge in [0, 0.05) is 18.8 Å². The number of aliphatic imine (C=N–C) groups is 1. The van der Waals surface area contributed by atoms with Gasteiger partial charge < -0.3 is 10.0 Å². The van der Waals surface area contributed by atoms with Gasteiger partial charge in [-0.25, -0.2) is 9.79 Å². The lowest BCUT2D eigenvalue weighted by atomic mass is 9.96. The van der Waals surface area contributed by atoms with Gasteiger partial charge in [-0.15, -0.1) is 5.10 Å². The molecule has 2 aliphatic heterocycles. The van der Waals surface area contributed by atoms with Crippen LogP contribution in [0.1, 0.15) is 36.7 Å². The maximum atomic E-state index is 14.0. The lowest BCUT2D eigenvalue weighted by molar-refractivity contribution is -0.114. The Bertz CT molecular complexity index is 1600. The second-order valence-corrected chi connectivity index (χ2v) is 9.47. The summed E-state index contributed by atoms with van der Waals surface area (Å²) in [5.41, 5.74) is 4.51. The van der Waals surface area contributed by atoms with Gasteiger partial charge in [0.15, 0.2) is 5.84 Å². The van der Waals surface area contributed by atoms with Crippen molar-refractivity contribution in [3.05, 3.63) is 95.1 Å². The Morgan fingerprint density at radius 2 is 1.57 bits per heavy atom. The lowest BCUT2D eigenvalue weighted by Gasteiger charge is -2.28. The molecule has 2 aliphatic rings. The van der Waals surface area contributed by atoms with Crippen molar-refractivity contribution in [2.45, 2.75) is 27.7 Å². The topological polar surface area (TPSA) is 106 Å². The van der Waals surface area contributed by atoms with E-state index in [-0.39, 0.29) is 22.7 Å². The van der Waals surface area contributed by atoms with E-state index in [0.717, 1.165) is 24.3 Å². The van der Waals surface area contributed by atoms with Crippen LogP contribution >= 0.6 is 0 Å². The van der Waals surface area contributed by atoms with Crippen molar-refractivity contribution in [3.63, 3.8) is 0 Å². The van der Waals surface area contributed by atoms with Crippen molar-refractivity contribution in [2.75, 3.05) is 27.9 Å². The zero-order valence-corrected chi connectivity index (χ0v) is 22.8. The summed E-state index contributed by atoms with van der Waals surface area (Å²) in [5, 5.41) is 15.0. The number of hydrazone groups is 1. The molecule has 5 rings (SSSR count). The molecule has 0 aromatic heterocycles. The number of fused-ring (bicyclic) bond motifs is 1. The van der Waals surface area contributed by atoms with Gasteiger partial charge in [0.05, 0.1) is 28.2 Å². The molecular formula is C31H29N5O4. The van der Waals surface area contributed by atoms with Gasteiger partial charge in [-0.3, -0.25) is 14.5 Å². The standard InChI is InChI=1S/C31H29N5O4/c1-5-34(6-2)24-16-17-25(19(3)18-24)32-27-20(4)26-28(35(30(27)38)22-10-8-7-9-11-22)33-36(29(26)37)23-14-12-21(13-15-23)31(39)40/h7-18H,5-6H2,1-4H3,(H,39,40). The molecule has 9 heteroatoms. The number of benzene rings is 3. The van der Waals surface area contributed by atoms with Crippen LogP contribution in [-0.2, 0) is 9.59 Å². The zero-order chi connectivity index (χ0) is 28.6. The predicted molar refractivity (Wildman–Crippen MR) is 157 cm³/mol. The molecule has 3 aromatic rings. The molecular weight excluding hydrogens is 506 g/mol. The minimum Gasteiger partial charge on any atom is -0.478 e. The molecule has 40 heavy (non-hydrogen) atoms. The molecule has 0 saturated heterocycles. The first-order chi connectivity index (χ1) is 19.2. The van der Waals surface area contributed by atoms with Gasteiger partial charge in [0.25, 0.3) is 11.8 Å². The third-order valence-corrected chi connectivity index (χ3v) is 7.09. The fraction of sp³-hybridized carbons (Fsp3) is 0.194. The molecule has 0 bridgehead atoms. The predicted octanol–water partition coefficient (Wildman–Crippen LogP) is 5.34. The molecule has 2 amide bonds. The highest BCUT2D eigenvalue weighted by atomic mass is 16.4. The van der Waals surface area contributed by atoms with Crippen LogP contribution in [0.25, 0.3) is 0 Å². The Kier molecular flexibility index (Phi) is 7.04. The van der Waals surface area contributed by atoms with Gasteiger partial charge in [-0.2, -0.15) is 5.01 Å². The maximum Gasteiger partial charge on any atom is 0.335 e. The van der Waals surface area contributed by atoms with Crippen molar-refractivity contribution in [2.24, 2.45) is 10.1 Å². The van der Waals surface area contributed by atoms with Crippen molar-refractivity contribution in [1.29, 1.82) is 0 Å². The zero-order valence-electron chi connectivity index (χ0n) is 22.8. The number of carboxylic acid groups (broad SMARTS) is 1. The van der Waals surface area contributed by atoms with Crippen molar-refractivity contribution in [3.8, 4) is 0 Å². The number of anilines is 3. The summed E-state index contributed by atoms with van der Waals surface area (Å²) in [6.07, 6.45) is 0. The minimum absolute atomic E-state index is 0.0914. The van der Waals surface area contributed by atoms with Crippen LogP contribution in [0.4, 0.5) is 22.7 Å². The van der Waals surface area contributed by atoms with Gasteiger partial charge in [-0.1, -0.05) is 18.2 Å². The smallest absolute Gasteiger partial charge is 0.335 e. The third-order valence-electron chi connectivity index (χ3n) is 7.09. The van der Waals surface area contributed by atoms with Crippen molar-refractivity contribution >= 4 is 52.1 Å². The van der Waals surface area contributed by atoms with Crippen LogP contribution in [-0.4, -0.2) is 47.5 Å². The van der Waals surface area contributed by atoms with Crippen molar-refractivity contribution < 1.29 is 19.5 Å². The summed E-state index contributed by atoms with van der Waals surface area (Å²) in [4.78, 5) is 47.5. The van der Waals surface area contributed by atoms with E-state index in [1.165, 1.54) is 34.2 Å². The molecule has 0 atom stereocenters.